The third-order valence-corrected chi connectivity index (χ3v) is 3.44. The third-order valence-electron chi connectivity index (χ3n) is 3.44. The van der Waals surface area contributed by atoms with Gasteiger partial charge in [0, 0.05) is 19.8 Å². The monoisotopic (exact) mass is 249 g/mol. The van der Waals surface area contributed by atoms with Gasteiger partial charge in [0.15, 0.2) is 0 Å². The van der Waals surface area contributed by atoms with Crippen LogP contribution in [0.25, 0.3) is 0 Å². The normalized spacial score (nSPS) is 21.6. The van der Waals surface area contributed by atoms with Crippen molar-refractivity contribution in [3.8, 4) is 0 Å². The summed E-state index contributed by atoms with van der Waals surface area (Å²) in [5.41, 5.74) is 0.430. The third kappa shape index (κ3) is 2.60. The molecule has 18 heavy (non-hydrogen) atoms. The van der Waals surface area contributed by atoms with Crippen molar-refractivity contribution >= 4 is 11.8 Å². The largest absolute Gasteiger partial charge is 0.465 e. The zero-order valence-corrected chi connectivity index (χ0v) is 11.3. The molecule has 1 aromatic rings. The summed E-state index contributed by atoms with van der Waals surface area (Å²) in [7, 11) is 3.33. The zero-order valence-electron chi connectivity index (χ0n) is 11.3. The van der Waals surface area contributed by atoms with Gasteiger partial charge in [0.1, 0.15) is 17.2 Å². The lowest BCUT2D eigenvalue weighted by molar-refractivity contribution is 0.0600. The van der Waals surface area contributed by atoms with Crippen molar-refractivity contribution in [2.75, 3.05) is 25.6 Å². The molecule has 0 spiro atoms. The van der Waals surface area contributed by atoms with Gasteiger partial charge in [-0.05, 0) is 25.2 Å². The van der Waals surface area contributed by atoms with Gasteiger partial charge < -0.3 is 9.64 Å². The van der Waals surface area contributed by atoms with Crippen molar-refractivity contribution in [2.24, 2.45) is 11.8 Å². The van der Waals surface area contributed by atoms with Crippen molar-refractivity contribution in [2.45, 2.75) is 20.3 Å². The first-order valence-corrected chi connectivity index (χ1v) is 6.16. The van der Waals surface area contributed by atoms with Crippen LogP contribution >= 0.6 is 0 Å². The highest BCUT2D eigenvalue weighted by molar-refractivity contribution is 5.94. The number of rotatable bonds is 4. The number of carbonyl (C=O) groups is 1. The summed E-state index contributed by atoms with van der Waals surface area (Å²) in [5, 5.41) is 0. The van der Waals surface area contributed by atoms with Crippen LogP contribution in [0, 0.1) is 18.8 Å². The van der Waals surface area contributed by atoms with Crippen LogP contribution < -0.4 is 4.90 Å². The fourth-order valence-electron chi connectivity index (χ4n) is 2.09. The molecule has 1 aromatic heterocycles. The molecular weight excluding hydrogens is 230 g/mol. The lowest BCUT2D eigenvalue weighted by atomic mass is 10.2. The van der Waals surface area contributed by atoms with Crippen LogP contribution in [0.4, 0.5) is 5.82 Å². The van der Waals surface area contributed by atoms with Crippen LogP contribution in [0.1, 0.15) is 29.5 Å². The van der Waals surface area contributed by atoms with Crippen LogP contribution in [-0.2, 0) is 4.74 Å². The van der Waals surface area contributed by atoms with Gasteiger partial charge in [0.05, 0.1) is 7.11 Å². The van der Waals surface area contributed by atoms with Crippen LogP contribution in [0.3, 0.4) is 0 Å². The van der Waals surface area contributed by atoms with Gasteiger partial charge in [-0.3, -0.25) is 0 Å². The first-order valence-electron chi connectivity index (χ1n) is 6.16. The molecule has 0 bridgehead atoms. The molecule has 0 aliphatic heterocycles. The SMILES string of the molecule is COC(=O)c1cnc(C)nc1N(C)CC1CC1C. The maximum absolute atomic E-state index is 11.7. The summed E-state index contributed by atoms with van der Waals surface area (Å²) < 4.78 is 4.76. The van der Waals surface area contributed by atoms with E-state index in [1.54, 1.807) is 0 Å². The molecule has 0 radical (unpaired) electrons. The highest BCUT2D eigenvalue weighted by Gasteiger charge is 2.34. The maximum atomic E-state index is 11.7. The van der Waals surface area contributed by atoms with E-state index in [1.807, 2.05) is 18.9 Å². The molecule has 0 N–H and O–H groups in total. The molecule has 1 aliphatic rings. The van der Waals surface area contributed by atoms with Crippen molar-refractivity contribution in [1.29, 1.82) is 0 Å². The highest BCUT2D eigenvalue weighted by atomic mass is 16.5. The van der Waals surface area contributed by atoms with Crippen LogP contribution in [0.5, 0.6) is 0 Å². The molecule has 0 aromatic carbocycles. The average molecular weight is 249 g/mol. The molecule has 1 heterocycles. The Bertz CT molecular complexity index is 462. The fourth-order valence-corrected chi connectivity index (χ4v) is 2.09. The van der Waals surface area contributed by atoms with Crippen molar-refractivity contribution in [3.05, 3.63) is 17.6 Å². The first kappa shape index (κ1) is 12.8. The Morgan fingerprint density at radius 2 is 2.28 bits per heavy atom. The Balaban J connectivity index is 2.23. The highest BCUT2D eigenvalue weighted by Crippen LogP contribution is 2.38. The lowest BCUT2D eigenvalue weighted by Gasteiger charge is -2.20. The van der Waals surface area contributed by atoms with Gasteiger partial charge in [-0.2, -0.15) is 0 Å². The topological polar surface area (TPSA) is 55.3 Å². The van der Waals surface area contributed by atoms with Crippen LogP contribution in [-0.4, -0.2) is 36.6 Å². The Labute approximate surface area is 107 Å². The number of hydrogen-bond acceptors (Lipinski definition) is 5. The zero-order chi connectivity index (χ0) is 13.3. The summed E-state index contributed by atoms with van der Waals surface area (Å²) in [6, 6.07) is 0. The molecule has 2 rings (SSSR count). The quantitative estimate of drug-likeness (QED) is 0.760. The number of methoxy groups -OCH3 is 1. The minimum atomic E-state index is -0.388. The second-order valence-corrected chi connectivity index (χ2v) is 5.00. The van der Waals surface area contributed by atoms with Gasteiger partial charge in [0.2, 0.25) is 0 Å². The summed E-state index contributed by atoms with van der Waals surface area (Å²) in [4.78, 5) is 22.1. The minimum Gasteiger partial charge on any atom is -0.465 e. The molecule has 5 nitrogen and oxygen atoms in total. The summed E-state index contributed by atoms with van der Waals surface area (Å²) in [5.74, 6) is 2.41. The molecule has 2 atom stereocenters. The van der Waals surface area contributed by atoms with Gasteiger partial charge in [-0.25, -0.2) is 14.8 Å². The van der Waals surface area contributed by atoms with E-state index in [0.717, 1.165) is 12.5 Å². The summed E-state index contributed by atoms with van der Waals surface area (Å²) in [6.45, 7) is 4.98. The Morgan fingerprint density at radius 1 is 1.61 bits per heavy atom. The standard InChI is InChI=1S/C13H19N3O2/c1-8-5-10(8)7-16(3)12-11(13(17)18-4)6-14-9(2)15-12/h6,8,10H,5,7H2,1-4H3. The van der Waals surface area contributed by atoms with Crippen molar-refractivity contribution in [3.63, 3.8) is 0 Å². The molecule has 1 saturated carbocycles. The van der Waals surface area contributed by atoms with E-state index in [9.17, 15) is 4.79 Å². The molecule has 1 fully saturated rings. The Morgan fingerprint density at radius 3 is 2.83 bits per heavy atom. The lowest BCUT2D eigenvalue weighted by Crippen LogP contribution is -2.25. The Hall–Kier alpha value is -1.65. The summed E-state index contributed by atoms with van der Waals surface area (Å²) in [6.07, 6.45) is 2.79. The van der Waals surface area contributed by atoms with E-state index in [-0.39, 0.29) is 5.97 Å². The molecule has 0 saturated heterocycles. The van der Waals surface area contributed by atoms with Crippen LogP contribution in [0.2, 0.25) is 0 Å². The number of esters is 1. The van der Waals surface area contributed by atoms with E-state index in [4.69, 9.17) is 4.74 Å². The molecular formula is C13H19N3O2. The number of hydrogen-bond donors (Lipinski definition) is 0. The molecule has 2 unspecified atom stereocenters. The number of ether oxygens (including phenoxy) is 1. The average Bonchev–Trinajstić information content (AvgIpc) is 3.03. The van der Waals surface area contributed by atoms with Crippen molar-refractivity contribution < 1.29 is 9.53 Å². The van der Waals surface area contributed by atoms with E-state index in [2.05, 4.69) is 16.9 Å². The van der Waals surface area contributed by atoms with Crippen LogP contribution in [0.15, 0.2) is 6.20 Å². The van der Waals surface area contributed by atoms with Gasteiger partial charge in [0.25, 0.3) is 0 Å². The van der Waals surface area contributed by atoms with Gasteiger partial charge in [-0.15, -0.1) is 0 Å². The number of aryl methyl sites for hydroxylation is 1. The minimum absolute atomic E-state index is 0.388. The number of carbonyl (C=O) groups excluding carboxylic acids is 1. The first-order chi connectivity index (χ1) is 8.52. The predicted molar refractivity (Wildman–Crippen MR) is 68.6 cm³/mol. The van der Waals surface area contributed by atoms with Gasteiger partial charge in [-0.1, -0.05) is 6.92 Å². The van der Waals surface area contributed by atoms with E-state index in [1.165, 1.54) is 19.7 Å². The predicted octanol–water partition coefficient (Wildman–Crippen LogP) is 1.66. The van der Waals surface area contributed by atoms with Gasteiger partial charge >= 0.3 is 5.97 Å². The molecule has 1 aliphatic carbocycles. The van der Waals surface area contributed by atoms with E-state index in [0.29, 0.717) is 23.1 Å². The van der Waals surface area contributed by atoms with Crippen molar-refractivity contribution in [1.82, 2.24) is 9.97 Å². The Kier molecular flexibility index (Phi) is 3.50. The summed E-state index contributed by atoms with van der Waals surface area (Å²) >= 11 is 0. The second kappa shape index (κ2) is 4.92. The molecule has 98 valence electrons. The van der Waals surface area contributed by atoms with E-state index < -0.39 is 0 Å². The fraction of sp³-hybridized carbons (Fsp3) is 0.615. The number of anilines is 1. The smallest absolute Gasteiger partial charge is 0.343 e. The number of nitrogens with zero attached hydrogens (tertiary/aromatic N) is 3. The molecule has 0 amide bonds. The maximum Gasteiger partial charge on any atom is 0.343 e. The molecule has 5 heteroatoms. The second-order valence-electron chi connectivity index (χ2n) is 5.00. The number of aromatic nitrogens is 2. The van der Waals surface area contributed by atoms with E-state index >= 15 is 0 Å².